The maximum atomic E-state index is 13.7. The maximum absolute atomic E-state index is 13.7. The molecule has 0 aromatic heterocycles. The molecular formula is C37H40Cl8N2O6. The molecule has 4 rings (SSSR count). The third-order valence-corrected chi connectivity index (χ3v) is 13.1. The third kappa shape index (κ3) is 9.91. The van der Waals surface area contributed by atoms with Crippen LogP contribution in [0, 0.1) is 0 Å². The number of ether oxygens (including phenoxy) is 1. The molecule has 2 heterocycles. The molecule has 4 amide bonds. The minimum atomic E-state index is -1.38. The highest BCUT2D eigenvalue weighted by Crippen LogP contribution is 2.46. The Balaban J connectivity index is 1.36. The molecule has 0 saturated carbocycles. The van der Waals surface area contributed by atoms with Gasteiger partial charge in [-0.25, -0.2) is 4.79 Å². The van der Waals surface area contributed by atoms with Crippen molar-refractivity contribution in [3.63, 3.8) is 0 Å². The van der Waals surface area contributed by atoms with Crippen molar-refractivity contribution < 1.29 is 28.7 Å². The van der Waals surface area contributed by atoms with Gasteiger partial charge in [0.25, 0.3) is 23.6 Å². The van der Waals surface area contributed by atoms with Crippen molar-refractivity contribution >= 4 is 122 Å². The normalized spacial score (nSPS) is 14.4. The van der Waals surface area contributed by atoms with Crippen molar-refractivity contribution in [2.75, 3.05) is 13.2 Å². The van der Waals surface area contributed by atoms with Crippen LogP contribution in [0.3, 0.4) is 0 Å². The number of imide groups is 2. The number of nitrogens with zero attached hydrogens (tertiary/aromatic N) is 2. The van der Waals surface area contributed by atoms with Crippen LogP contribution in [0.25, 0.3) is 0 Å². The first-order valence-corrected chi connectivity index (χ1v) is 20.9. The topological polar surface area (TPSA) is 101 Å². The van der Waals surface area contributed by atoms with Gasteiger partial charge in [-0.1, -0.05) is 177 Å². The van der Waals surface area contributed by atoms with Gasteiger partial charge in [-0.2, -0.15) is 0 Å². The number of rotatable bonds is 21. The first kappa shape index (κ1) is 44.2. The Labute approximate surface area is 349 Å². The fourth-order valence-electron chi connectivity index (χ4n) is 6.60. The Bertz CT molecular complexity index is 1660. The lowest BCUT2D eigenvalue weighted by molar-refractivity contribution is -0.148. The molecule has 0 fully saturated rings. The number of benzene rings is 2. The largest absolute Gasteiger partial charge is 0.464 e. The van der Waals surface area contributed by atoms with Crippen LogP contribution < -0.4 is 0 Å². The molecule has 0 spiro atoms. The zero-order chi connectivity index (χ0) is 39.0. The molecule has 0 radical (unpaired) electrons. The predicted octanol–water partition coefficient (Wildman–Crippen LogP) is 13.0. The van der Waals surface area contributed by atoms with E-state index in [0.717, 1.165) is 35.5 Å². The molecule has 0 N–H and O–H groups in total. The van der Waals surface area contributed by atoms with Crippen molar-refractivity contribution in [1.29, 1.82) is 0 Å². The average Bonchev–Trinajstić information content (AvgIpc) is 3.54. The maximum Gasteiger partial charge on any atom is 0.329 e. The van der Waals surface area contributed by atoms with Gasteiger partial charge in [0.2, 0.25) is 0 Å². The van der Waals surface area contributed by atoms with Gasteiger partial charge in [-0.05, 0) is 25.7 Å². The number of carbonyl (C=O) groups is 5. The second-order valence-corrected chi connectivity index (χ2v) is 16.2. The molecule has 2 aromatic carbocycles. The van der Waals surface area contributed by atoms with Crippen LogP contribution in [0.1, 0.15) is 151 Å². The molecule has 2 aromatic rings. The highest BCUT2D eigenvalue weighted by Gasteiger charge is 2.47. The fourth-order valence-corrected chi connectivity index (χ4v) is 8.63. The van der Waals surface area contributed by atoms with E-state index in [-0.39, 0.29) is 94.8 Å². The Hall–Kier alpha value is -1.49. The summed E-state index contributed by atoms with van der Waals surface area (Å²) >= 11 is 49.8. The number of halogens is 8. The summed E-state index contributed by atoms with van der Waals surface area (Å²) in [5.41, 5.74) is -0.824. The summed E-state index contributed by atoms with van der Waals surface area (Å²) in [4.78, 5) is 69.0. The van der Waals surface area contributed by atoms with E-state index < -0.39 is 35.6 Å². The van der Waals surface area contributed by atoms with Crippen LogP contribution in [0.2, 0.25) is 40.2 Å². The number of carbonyl (C=O) groups excluding carboxylic acids is 5. The monoisotopic (exact) mass is 888 g/mol. The first-order valence-electron chi connectivity index (χ1n) is 17.9. The zero-order valence-electron chi connectivity index (χ0n) is 29.2. The Morgan fingerprint density at radius 1 is 0.491 bits per heavy atom. The number of amides is 4. The van der Waals surface area contributed by atoms with E-state index in [9.17, 15) is 24.0 Å². The summed E-state index contributed by atoms with van der Waals surface area (Å²) in [6.07, 6.45) is 15.3. The first-order chi connectivity index (χ1) is 25.3. The molecule has 290 valence electrons. The van der Waals surface area contributed by atoms with Crippen LogP contribution in [-0.2, 0) is 9.53 Å². The second kappa shape index (κ2) is 20.6. The molecule has 2 aliphatic heterocycles. The minimum Gasteiger partial charge on any atom is -0.464 e. The smallest absolute Gasteiger partial charge is 0.329 e. The highest BCUT2D eigenvalue weighted by molar-refractivity contribution is 6.56. The van der Waals surface area contributed by atoms with Crippen LogP contribution in [0.5, 0.6) is 0 Å². The second-order valence-electron chi connectivity index (χ2n) is 13.2. The molecule has 8 nitrogen and oxygen atoms in total. The van der Waals surface area contributed by atoms with Crippen molar-refractivity contribution in [2.24, 2.45) is 0 Å². The Kier molecular flexibility index (Phi) is 17.2. The van der Waals surface area contributed by atoms with E-state index >= 15 is 0 Å². The van der Waals surface area contributed by atoms with Crippen LogP contribution in [0.15, 0.2) is 0 Å². The number of hydrogen-bond donors (Lipinski definition) is 0. The molecule has 1 atom stereocenters. The van der Waals surface area contributed by atoms with E-state index in [4.69, 9.17) is 97.5 Å². The van der Waals surface area contributed by atoms with E-state index in [1.165, 1.54) is 51.4 Å². The minimum absolute atomic E-state index is 0.0675. The lowest BCUT2D eigenvalue weighted by Gasteiger charge is -2.25. The highest BCUT2D eigenvalue weighted by atomic mass is 35.5. The van der Waals surface area contributed by atoms with Crippen molar-refractivity contribution in [2.45, 2.75) is 116 Å². The standard InChI is InChI=1S/C37H40Cl8N2O6/c1-2-3-4-5-6-7-8-9-10-11-12-13-16-19-53-37(52)20(47-35(50)23-24(36(47)51)28(41)32(45)31(44)27(23)40)17-14-15-18-46-33(48)21-22(34(46)49)26(39)30(43)29(42)25(21)38/h20H,2-19H2,1H3/t20-/m0/s1. The average molecular weight is 892 g/mol. The number of hydrogen-bond acceptors (Lipinski definition) is 6. The van der Waals surface area contributed by atoms with E-state index in [2.05, 4.69) is 6.92 Å². The summed E-state index contributed by atoms with van der Waals surface area (Å²) in [6, 6.07) is -1.38. The summed E-state index contributed by atoms with van der Waals surface area (Å²) in [5, 5.41) is -1.61. The number of esters is 1. The summed E-state index contributed by atoms with van der Waals surface area (Å²) in [5.74, 6) is -3.97. The third-order valence-electron chi connectivity index (χ3n) is 9.50. The van der Waals surface area contributed by atoms with Gasteiger partial charge in [-0.3, -0.25) is 29.0 Å². The lowest BCUT2D eigenvalue weighted by atomic mass is 10.0. The van der Waals surface area contributed by atoms with E-state index in [1.54, 1.807) is 0 Å². The molecule has 0 bridgehead atoms. The number of unbranched alkanes of at least 4 members (excludes halogenated alkanes) is 13. The van der Waals surface area contributed by atoms with Gasteiger partial charge in [0, 0.05) is 6.54 Å². The molecule has 0 unspecified atom stereocenters. The Morgan fingerprint density at radius 2 is 0.849 bits per heavy atom. The van der Waals surface area contributed by atoms with Gasteiger partial charge < -0.3 is 4.74 Å². The van der Waals surface area contributed by atoms with Crippen molar-refractivity contribution in [1.82, 2.24) is 9.80 Å². The summed E-state index contributed by atoms with van der Waals surface area (Å²) in [6.45, 7) is 2.22. The van der Waals surface area contributed by atoms with Gasteiger partial charge in [0.15, 0.2) is 0 Å². The lowest BCUT2D eigenvalue weighted by Crippen LogP contribution is -2.46. The molecule has 0 aliphatic carbocycles. The van der Waals surface area contributed by atoms with Gasteiger partial charge in [0.05, 0.1) is 69.0 Å². The molecule has 2 aliphatic rings. The van der Waals surface area contributed by atoms with E-state index in [0.29, 0.717) is 6.42 Å². The fraction of sp³-hybridized carbons (Fsp3) is 0.541. The van der Waals surface area contributed by atoms with Gasteiger partial charge >= 0.3 is 5.97 Å². The van der Waals surface area contributed by atoms with Crippen LogP contribution in [-0.4, -0.2) is 58.6 Å². The molecule has 16 heteroatoms. The predicted molar refractivity (Wildman–Crippen MR) is 213 cm³/mol. The molecule has 53 heavy (non-hydrogen) atoms. The van der Waals surface area contributed by atoms with Gasteiger partial charge in [-0.15, -0.1) is 0 Å². The number of fused-ring (bicyclic) bond motifs is 2. The Morgan fingerprint density at radius 3 is 1.25 bits per heavy atom. The summed E-state index contributed by atoms with van der Waals surface area (Å²) in [7, 11) is 0. The molecule has 0 saturated heterocycles. The van der Waals surface area contributed by atoms with E-state index in [1.807, 2.05) is 0 Å². The quantitative estimate of drug-likeness (QED) is 0.0407. The van der Waals surface area contributed by atoms with Crippen molar-refractivity contribution in [3.8, 4) is 0 Å². The van der Waals surface area contributed by atoms with Gasteiger partial charge in [0.1, 0.15) is 6.04 Å². The van der Waals surface area contributed by atoms with Crippen LogP contribution in [0.4, 0.5) is 0 Å². The van der Waals surface area contributed by atoms with Crippen LogP contribution >= 0.6 is 92.8 Å². The SMILES string of the molecule is CCCCCCCCCCCCCCCOC(=O)[C@H](CCCCN1C(=O)c2c(Cl)c(Cl)c(Cl)c(Cl)c2C1=O)N1C(=O)c2c(Cl)c(Cl)c(Cl)c(Cl)c2C1=O. The summed E-state index contributed by atoms with van der Waals surface area (Å²) < 4.78 is 5.60. The zero-order valence-corrected chi connectivity index (χ0v) is 35.2. The van der Waals surface area contributed by atoms with Crippen molar-refractivity contribution in [3.05, 3.63) is 62.4 Å². The molecular weight excluding hydrogens is 852 g/mol.